The molecule has 0 amide bonds. The second-order valence-corrected chi connectivity index (χ2v) is 6.45. The third-order valence-electron chi connectivity index (χ3n) is 3.36. The Morgan fingerprint density at radius 1 is 1.45 bits per heavy atom. The first-order valence-corrected chi connectivity index (χ1v) is 8.31. The number of carbonyl (C=O) groups is 1. The summed E-state index contributed by atoms with van der Waals surface area (Å²) >= 11 is 1.44. The molecular weight excluding hydrogens is 274 g/mol. The second kappa shape index (κ2) is 7.11. The van der Waals surface area contributed by atoms with Crippen molar-refractivity contribution in [3.8, 4) is 0 Å². The van der Waals surface area contributed by atoms with Crippen LogP contribution in [0.3, 0.4) is 0 Å². The van der Waals surface area contributed by atoms with Gasteiger partial charge in [-0.3, -0.25) is 4.79 Å². The molecule has 1 aliphatic rings. The van der Waals surface area contributed by atoms with Gasteiger partial charge in [-0.05, 0) is 33.1 Å². The Labute approximate surface area is 124 Å². The van der Waals surface area contributed by atoms with E-state index in [0.717, 1.165) is 30.4 Å². The number of hydrogen-bond donors (Lipinski definition) is 0. The van der Waals surface area contributed by atoms with Gasteiger partial charge in [0.2, 0.25) is 0 Å². The number of nitrogens with zero attached hydrogens (tertiary/aromatic N) is 3. The van der Waals surface area contributed by atoms with E-state index in [4.69, 9.17) is 4.74 Å². The largest absolute Gasteiger partial charge is 0.465 e. The maximum atomic E-state index is 11.9. The summed E-state index contributed by atoms with van der Waals surface area (Å²) in [5.74, 6) is 1.48. The summed E-state index contributed by atoms with van der Waals surface area (Å²) < 4.78 is 7.36. The van der Waals surface area contributed by atoms with Gasteiger partial charge in [-0.1, -0.05) is 25.1 Å². The minimum atomic E-state index is -0.242. The molecule has 0 aliphatic heterocycles. The van der Waals surface area contributed by atoms with E-state index in [9.17, 15) is 4.79 Å². The Balaban J connectivity index is 1.93. The molecule has 0 radical (unpaired) electrons. The molecular formula is C14H23N3O2S. The average molecular weight is 297 g/mol. The fourth-order valence-corrected chi connectivity index (χ4v) is 2.89. The zero-order chi connectivity index (χ0) is 14.5. The van der Waals surface area contributed by atoms with Gasteiger partial charge in [0.1, 0.15) is 11.1 Å². The van der Waals surface area contributed by atoms with Crippen molar-refractivity contribution >= 4 is 17.7 Å². The molecule has 5 nitrogen and oxygen atoms in total. The first-order valence-electron chi connectivity index (χ1n) is 7.43. The van der Waals surface area contributed by atoms with Crippen LogP contribution in [0.5, 0.6) is 0 Å². The van der Waals surface area contributed by atoms with Crippen LogP contribution in [0, 0.1) is 0 Å². The second-order valence-electron chi connectivity index (χ2n) is 5.14. The predicted molar refractivity (Wildman–Crippen MR) is 78.9 cm³/mol. The minimum absolute atomic E-state index is 0.165. The number of carbonyl (C=O) groups excluding carboxylic acids is 1. The highest BCUT2D eigenvalue weighted by molar-refractivity contribution is 8.00. The lowest BCUT2D eigenvalue weighted by Gasteiger charge is -2.11. The molecule has 0 saturated heterocycles. The highest BCUT2D eigenvalue weighted by Gasteiger charge is 2.30. The number of ether oxygens (including phenoxy) is 1. The first kappa shape index (κ1) is 15.4. The average Bonchev–Trinajstić information content (AvgIpc) is 3.20. The topological polar surface area (TPSA) is 57.0 Å². The molecule has 0 aromatic carbocycles. The van der Waals surface area contributed by atoms with Gasteiger partial charge in [-0.2, -0.15) is 0 Å². The molecule has 1 fully saturated rings. The van der Waals surface area contributed by atoms with Crippen LogP contribution in [-0.2, 0) is 16.1 Å². The summed E-state index contributed by atoms with van der Waals surface area (Å²) in [5.41, 5.74) is 0. The van der Waals surface area contributed by atoms with E-state index >= 15 is 0 Å². The van der Waals surface area contributed by atoms with Crippen LogP contribution in [0.1, 0.15) is 58.2 Å². The first-order chi connectivity index (χ1) is 9.67. The lowest BCUT2D eigenvalue weighted by Crippen LogP contribution is -2.18. The van der Waals surface area contributed by atoms with Crippen molar-refractivity contribution in [3.05, 3.63) is 5.82 Å². The summed E-state index contributed by atoms with van der Waals surface area (Å²) in [5, 5.41) is 9.10. The number of thioether (sulfide) groups is 1. The Kier molecular flexibility index (Phi) is 5.46. The van der Waals surface area contributed by atoms with E-state index in [1.807, 2.05) is 6.92 Å². The third kappa shape index (κ3) is 3.75. The molecule has 1 aliphatic carbocycles. The molecule has 0 bridgehead atoms. The Morgan fingerprint density at radius 3 is 2.80 bits per heavy atom. The smallest absolute Gasteiger partial charge is 0.319 e. The Hall–Kier alpha value is -1.04. The van der Waals surface area contributed by atoms with E-state index < -0.39 is 0 Å². The van der Waals surface area contributed by atoms with Crippen LogP contribution in [-0.4, -0.2) is 32.6 Å². The summed E-state index contributed by atoms with van der Waals surface area (Å²) in [7, 11) is 0. The summed E-state index contributed by atoms with van der Waals surface area (Å²) in [6.45, 7) is 7.38. The van der Waals surface area contributed by atoms with Crippen molar-refractivity contribution in [2.75, 3.05) is 6.61 Å². The van der Waals surface area contributed by atoms with Gasteiger partial charge in [0.15, 0.2) is 5.16 Å². The van der Waals surface area contributed by atoms with Crippen LogP contribution in [0.2, 0.25) is 0 Å². The number of unbranched alkanes of at least 4 members (excludes halogenated alkanes) is 1. The van der Waals surface area contributed by atoms with Crippen molar-refractivity contribution in [1.29, 1.82) is 0 Å². The fourth-order valence-electron chi connectivity index (χ4n) is 1.97. The molecule has 20 heavy (non-hydrogen) atoms. The number of hydrogen-bond acceptors (Lipinski definition) is 5. The quantitative estimate of drug-likeness (QED) is 0.419. The Bertz CT molecular complexity index is 457. The van der Waals surface area contributed by atoms with Crippen LogP contribution in [0.15, 0.2) is 5.16 Å². The maximum absolute atomic E-state index is 11.9. The van der Waals surface area contributed by atoms with E-state index in [2.05, 4.69) is 28.6 Å². The van der Waals surface area contributed by atoms with Crippen molar-refractivity contribution < 1.29 is 9.53 Å². The molecule has 1 aromatic heterocycles. The molecule has 1 heterocycles. The summed E-state index contributed by atoms with van der Waals surface area (Å²) in [4.78, 5) is 11.9. The van der Waals surface area contributed by atoms with Gasteiger partial charge < -0.3 is 9.30 Å². The monoisotopic (exact) mass is 297 g/mol. The van der Waals surface area contributed by atoms with Crippen LogP contribution >= 0.6 is 11.8 Å². The highest BCUT2D eigenvalue weighted by atomic mass is 32.2. The van der Waals surface area contributed by atoms with Gasteiger partial charge in [-0.15, -0.1) is 10.2 Å². The van der Waals surface area contributed by atoms with E-state index in [0.29, 0.717) is 12.5 Å². The molecule has 0 N–H and O–H groups in total. The molecule has 1 saturated carbocycles. The molecule has 1 atom stereocenters. The third-order valence-corrected chi connectivity index (χ3v) is 4.42. The molecule has 6 heteroatoms. The zero-order valence-corrected chi connectivity index (χ0v) is 13.3. The van der Waals surface area contributed by atoms with Crippen LogP contribution in [0.25, 0.3) is 0 Å². The van der Waals surface area contributed by atoms with Gasteiger partial charge in [0.25, 0.3) is 0 Å². The SMILES string of the molecule is CCCCOC(=O)[C@H](C)Sc1nnc(C2CC2)n1CC. The molecule has 112 valence electrons. The summed E-state index contributed by atoms with van der Waals surface area (Å²) in [6.07, 6.45) is 4.36. The minimum Gasteiger partial charge on any atom is -0.465 e. The maximum Gasteiger partial charge on any atom is 0.319 e. The van der Waals surface area contributed by atoms with E-state index in [-0.39, 0.29) is 11.2 Å². The van der Waals surface area contributed by atoms with Crippen LogP contribution < -0.4 is 0 Å². The normalized spacial score (nSPS) is 16.1. The molecule has 1 aromatic rings. The van der Waals surface area contributed by atoms with Gasteiger partial charge in [0, 0.05) is 12.5 Å². The standard InChI is InChI=1S/C14H23N3O2S/c1-4-6-9-19-13(18)10(3)20-14-16-15-12(11-7-8-11)17(14)5-2/h10-11H,4-9H2,1-3H3/t10-/m0/s1. The van der Waals surface area contributed by atoms with Crippen molar-refractivity contribution in [1.82, 2.24) is 14.8 Å². The fraction of sp³-hybridized carbons (Fsp3) is 0.786. The molecule has 0 spiro atoms. The lowest BCUT2D eigenvalue weighted by molar-refractivity contribution is -0.142. The predicted octanol–water partition coefficient (Wildman–Crippen LogP) is 3.00. The van der Waals surface area contributed by atoms with E-state index in [1.165, 1.54) is 24.6 Å². The van der Waals surface area contributed by atoms with Crippen LogP contribution in [0.4, 0.5) is 0 Å². The Morgan fingerprint density at radius 2 is 2.20 bits per heavy atom. The van der Waals surface area contributed by atoms with Crippen molar-refractivity contribution in [3.63, 3.8) is 0 Å². The van der Waals surface area contributed by atoms with Gasteiger partial charge in [0.05, 0.1) is 6.61 Å². The number of aromatic nitrogens is 3. The lowest BCUT2D eigenvalue weighted by atomic mass is 10.4. The number of rotatable bonds is 8. The van der Waals surface area contributed by atoms with Crippen molar-refractivity contribution in [2.45, 2.75) is 69.3 Å². The van der Waals surface area contributed by atoms with Gasteiger partial charge >= 0.3 is 5.97 Å². The summed E-state index contributed by atoms with van der Waals surface area (Å²) in [6, 6.07) is 0. The zero-order valence-electron chi connectivity index (χ0n) is 12.5. The van der Waals surface area contributed by atoms with Crippen molar-refractivity contribution in [2.24, 2.45) is 0 Å². The number of esters is 1. The van der Waals surface area contributed by atoms with E-state index in [1.54, 1.807) is 0 Å². The molecule has 2 rings (SSSR count). The highest BCUT2D eigenvalue weighted by Crippen LogP contribution is 2.40. The van der Waals surface area contributed by atoms with Gasteiger partial charge in [-0.25, -0.2) is 0 Å². The molecule has 0 unspecified atom stereocenters.